The third-order valence-electron chi connectivity index (χ3n) is 3.32. The van der Waals surface area contributed by atoms with Gasteiger partial charge in [-0.1, -0.05) is 30.3 Å². The first-order valence-corrected chi connectivity index (χ1v) is 7.82. The lowest BCUT2D eigenvalue weighted by atomic mass is 10.2. The minimum absolute atomic E-state index is 0.519. The molecule has 0 saturated carbocycles. The second kappa shape index (κ2) is 6.56. The van der Waals surface area contributed by atoms with Crippen molar-refractivity contribution >= 4 is 17.0 Å². The molecule has 0 aliphatic rings. The summed E-state index contributed by atoms with van der Waals surface area (Å²) >= 11 is 1.27. The zero-order valence-electron chi connectivity index (χ0n) is 12.4. The highest BCUT2D eigenvalue weighted by Gasteiger charge is 2.23. The largest absolute Gasteiger partial charge is 0.371 e. The molecule has 3 nitrogen and oxygen atoms in total. The fraction of sp³-hybridized carbons (Fsp3) is 0.125. The Morgan fingerprint density at radius 1 is 0.958 bits per heavy atom. The third-order valence-corrected chi connectivity index (χ3v) is 4.35. The molecule has 0 fully saturated rings. The van der Waals surface area contributed by atoms with Crippen LogP contribution < -0.4 is 5.32 Å². The van der Waals surface area contributed by atoms with E-state index in [2.05, 4.69) is 15.3 Å². The Labute approximate surface area is 139 Å². The van der Waals surface area contributed by atoms with Crippen molar-refractivity contribution in [2.45, 2.75) is 13.0 Å². The van der Waals surface area contributed by atoms with Crippen LogP contribution in [-0.2, 0) is 0 Å². The molecule has 0 aliphatic carbocycles. The van der Waals surface area contributed by atoms with Crippen LogP contribution in [0.2, 0.25) is 0 Å². The van der Waals surface area contributed by atoms with Gasteiger partial charge in [0.25, 0.3) is 11.9 Å². The molecule has 24 heavy (non-hydrogen) atoms. The van der Waals surface area contributed by atoms with Crippen LogP contribution in [0.15, 0.2) is 35.7 Å². The summed E-state index contributed by atoms with van der Waals surface area (Å²) < 4.78 is 53.6. The van der Waals surface area contributed by atoms with Gasteiger partial charge in [0.05, 0.1) is 11.7 Å². The lowest BCUT2D eigenvalue weighted by Gasteiger charge is -2.14. The number of nitrogens with zero attached hydrogens (tertiary/aromatic N) is 2. The van der Waals surface area contributed by atoms with E-state index in [1.807, 2.05) is 30.3 Å². The SMILES string of the molecule is CC(Nc1c(F)c(F)nc(F)c1F)c1nc(-c2ccccc2)cs1. The van der Waals surface area contributed by atoms with Crippen molar-refractivity contribution in [2.75, 3.05) is 5.32 Å². The number of benzene rings is 1. The number of pyridine rings is 1. The van der Waals surface area contributed by atoms with Crippen molar-refractivity contribution in [1.29, 1.82) is 0 Å². The van der Waals surface area contributed by atoms with Gasteiger partial charge in [-0.3, -0.25) is 0 Å². The second-order valence-electron chi connectivity index (χ2n) is 5.00. The molecule has 0 spiro atoms. The van der Waals surface area contributed by atoms with Crippen LogP contribution in [0.1, 0.15) is 18.0 Å². The molecule has 0 amide bonds. The first-order chi connectivity index (χ1) is 11.5. The van der Waals surface area contributed by atoms with Crippen molar-refractivity contribution in [1.82, 2.24) is 9.97 Å². The highest BCUT2D eigenvalue weighted by molar-refractivity contribution is 7.10. The lowest BCUT2D eigenvalue weighted by molar-refractivity contribution is 0.410. The van der Waals surface area contributed by atoms with Gasteiger partial charge in [0.15, 0.2) is 0 Å². The smallest absolute Gasteiger partial charge is 0.253 e. The van der Waals surface area contributed by atoms with Crippen LogP contribution in [0.3, 0.4) is 0 Å². The van der Waals surface area contributed by atoms with Crippen LogP contribution in [0.4, 0.5) is 23.2 Å². The van der Waals surface area contributed by atoms with E-state index in [0.717, 1.165) is 5.56 Å². The van der Waals surface area contributed by atoms with E-state index in [0.29, 0.717) is 10.7 Å². The number of aromatic nitrogens is 2. The van der Waals surface area contributed by atoms with Crippen LogP contribution in [-0.4, -0.2) is 9.97 Å². The van der Waals surface area contributed by atoms with Crippen LogP contribution in [0, 0.1) is 23.5 Å². The number of thiazole rings is 1. The first kappa shape index (κ1) is 16.4. The Morgan fingerprint density at radius 2 is 1.58 bits per heavy atom. The van der Waals surface area contributed by atoms with Crippen LogP contribution in [0.25, 0.3) is 11.3 Å². The fourth-order valence-corrected chi connectivity index (χ4v) is 2.96. The monoisotopic (exact) mass is 353 g/mol. The normalized spacial score (nSPS) is 12.2. The summed E-state index contributed by atoms with van der Waals surface area (Å²) in [5.41, 5.74) is 0.701. The summed E-state index contributed by atoms with van der Waals surface area (Å²) in [6.45, 7) is 1.59. The van der Waals surface area contributed by atoms with Crippen LogP contribution in [0.5, 0.6) is 0 Å². The van der Waals surface area contributed by atoms with Crippen molar-refractivity contribution in [3.8, 4) is 11.3 Å². The van der Waals surface area contributed by atoms with Gasteiger partial charge in [0.2, 0.25) is 11.6 Å². The number of hydrogen-bond donors (Lipinski definition) is 1. The minimum Gasteiger partial charge on any atom is -0.371 e. The van der Waals surface area contributed by atoms with Gasteiger partial charge < -0.3 is 5.32 Å². The Kier molecular flexibility index (Phi) is 4.48. The van der Waals surface area contributed by atoms with E-state index in [1.165, 1.54) is 11.3 Å². The fourth-order valence-electron chi connectivity index (χ4n) is 2.12. The lowest BCUT2D eigenvalue weighted by Crippen LogP contribution is -2.13. The number of halogens is 4. The zero-order chi connectivity index (χ0) is 17.3. The molecule has 8 heteroatoms. The maximum Gasteiger partial charge on any atom is 0.253 e. The summed E-state index contributed by atoms with van der Waals surface area (Å²) in [6.07, 6.45) is 0. The highest BCUT2D eigenvalue weighted by Crippen LogP contribution is 2.30. The van der Waals surface area contributed by atoms with Crippen LogP contribution >= 0.6 is 11.3 Å². The average Bonchev–Trinajstić information content (AvgIpc) is 3.08. The molecule has 3 rings (SSSR count). The predicted octanol–water partition coefficient (Wildman–Crippen LogP) is 4.93. The van der Waals surface area contributed by atoms with Gasteiger partial charge in [-0.25, -0.2) is 4.98 Å². The molecule has 124 valence electrons. The number of anilines is 1. The molecule has 3 aromatic rings. The highest BCUT2D eigenvalue weighted by atomic mass is 32.1. The Balaban J connectivity index is 1.87. The Morgan fingerprint density at radius 3 is 2.21 bits per heavy atom. The summed E-state index contributed by atoms with van der Waals surface area (Å²) in [7, 11) is 0. The average molecular weight is 353 g/mol. The van der Waals surface area contributed by atoms with E-state index in [1.54, 1.807) is 12.3 Å². The van der Waals surface area contributed by atoms with Gasteiger partial charge in [-0.2, -0.15) is 22.5 Å². The van der Waals surface area contributed by atoms with Gasteiger partial charge in [0, 0.05) is 10.9 Å². The number of rotatable bonds is 4. The molecule has 0 radical (unpaired) electrons. The topological polar surface area (TPSA) is 37.8 Å². The number of hydrogen-bond acceptors (Lipinski definition) is 4. The van der Waals surface area contributed by atoms with Gasteiger partial charge in [-0.15, -0.1) is 11.3 Å². The summed E-state index contributed by atoms with van der Waals surface area (Å²) in [4.78, 5) is 6.91. The molecule has 1 N–H and O–H groups in total. The zero-order valence-corrected chi connectivity index (χ0v) is 13.2. The molecular weight excluding hydrogens is 342 g/mol. The molecule has 0 saturated heterocycles. The van der Waals surface area contributed by atoms with Crippen molar-refractivity contribution in [3.05, 3.63) is 64.2 Å². The molecule has 1 unspecified atom stereocenters. The molecule has 0 aliphatic heterocycles. The molecule has 0 bridgehead atoms. The van der Waals surface area contributed by atoms with Gasteiger partial charge in [-0.05, 0) is 6.92 Å². The van der Waals surface area contributed by atoms with Gasteiger partial charge in [0.1, 0.15) is 10.7 Å². The summed E-state index contributed by atoms with van der Waals surface area (Å²) in [5, 5.41) is 4.73. The van der Waals surface area contributed by atoms with E-state index in [4.69, 9.17) is 0 Å². The predicted molar refractivity (Wildman–Crippen MR) is 83.7 cm³/mol. The molecule has 2 aromatic heterocycles. The maximum absolute atomic E-state index is 13.7. The van der Waals surface area contributed by atoms with Crippen molar-refractivity contribution in [2.24, 2.45) is 0 Å². The quantitative estimate of drug-likeness (QED) is 0.534. The Hall–Kier alpha value is -2.48. The number of nitrogens with one attached hydrogen (secondary N) is 1. The van der Waals surface area contributed by atoms with Crippen molar-refractivity contribution in [3.63, 3.8) is 0 Å². The molecule has 1 aromatic carbocycles. The molecule has 2 heterocycles. The third kappa shape index (κ3) is 3.09. The Bertz CT molecular complexity index is 841. The summed E-state index contributed by atoms with van der Waals surface area (Å²) in [6, 6.07) is 8.71. The second-order valence-corrected chi connectivity index (χ2v) is 5.89. The van der Waals surface area contributed by atoms with E-state index >= 15 is 0 Å². The van der Waals surface area contributed by atoms with Gasteiger partial charge >= 0.3 is 0 Å². The maximum atomic E-state index is 13.7. The van der Waals surface area contributed by atoms with Crippen molar-refractivity contribution < 1.29 is 17.6 Å². The van der Waals surface area contributed by atoms with E-state index < -0.39 is 35.3 Å². The standard InChI is InChI=1S/C16H11F4N3S/c1-8(21-13-11(17)14(19)23-15(20)12(13)18)16-22-10(7-24-16)9-5-3-2-4-6-9/h2-8H,1H3,(H,21,23). The van der Waals surface area contributed by atoms with E-state index in [-0.39, 0.29) is 0 Å². The van der Waals surface area contributed by atoms with E-state index in [9.17, 15) is 17.6 Å². The minimum atomic E-state index is -1.70. The first-order valence-electron chi connectivity index (χ1n) is 6.94. The summed E-state index contributed by atoms with van der Waals surface area (Å²) in [5.74, 6) is -6.54. The molecule has 1 atom stereocenters. The molecular formula is C16H11F4N3S.